The van der Waals surface area contributed by atoms with Crippen LogP contribution in [0.15, 0.2) is 108 Å². The molecule has 3 aliphatic rings. The second kappa shape index (κ2) is 18.6. The number of fused-ring (bicyclic) bond motifs is 1. The summed E-state index contributed by atoms with van der Waals surface area (Å²) in [5, 5.41) is 6.58. The fraction of sp³-hybridized carbons (Fsp3) is 0.436. The molecule has 4 rings (SSSR count). The quantitative estimate of drug-likeness (QED) is 0.0836. The SMILES string of the molecule is C=C(/C=C(/C(=NC)NCC1CCCCC1)N(C)C(=C)C)C(=O)NCc1ccc2c(c1)CN(C1=C(N)C(=C)C1=C)CC2.C=CC.CC. The molecule has 1 saturated carbocycles. The maximum atomic E-state index is 13.1. The number of rotatable bonds is 10. The van der Waals surface area contributed by atoms with Gasteiger partial charge in [-0.3, -0.25) is 9.79 Å². The van der Waals surface area contributed by atoms with Gasteiger partial charge in [0.2, 0.25) is 0 Å². The molecule has 0 saturated heterocycles. The fourth-order valence-electron chi connectivity index (χ4n) is 5.79. The zero-order valence-corrected chi connectivity index (χ0v) is 29.4. The number of carbonyl (C=O) groups is 1. The van der Waals surface area contributed by atoms with E-state index in [1.54, 1.807) is 19.2 Å². The monoisotopic (exact) mass is 626 g/mol. The molecule has 0 atom stereocenters. The standard InChI is InChI=1S/C34H46N6O.C3H6.C2H6/c1-22(2)39(7)30(33(36-6)37-19-26-11-9-8-10-12-26)17-23(3)34(41)38-20-27-13-14-28-15-16-40(21-29(28)18-27)32-25(5)24(4)31(32)35;1-3-2;1-2/h13-14,17-18,26H,1,3-5,8-12,15-16,19-21,35H2,2,6-7H3,(H,36,37)(H,38,41);3H,1H2,2H3;1-2H3/b30-17-;;. The largest absolute Gasteiger partial charge is 0.397 e. The highest BCUT2D eigenvalue weighted by molar-refractivity contribution is 6.02. The Labute approximate surface area is 279 Å². The van der Waals surface area contributed by atoms with Crippen LogP contribution in [0.1, 0.15) is 76.5 Å². The second-order valence-electron chi connectivity index (χ2n) is 11.9. The Morgan fingerprint density at radius 1 is 1.11 bits per heavy atom. The molecular formula is C39H58N6O. The van der Waals surface area contributed by atoms with Gasteiger partial charge in [0.1, 0.15) is 5.84 Å². The first-order chi connectivity index (χ1) is 22.0. The third kappa shape index (κ3) is 9.87. The summed E-state index contributed by atoms with van der Waals surface area (Å²) in [6.07, 6.45) is 10.9. The number of nitrogens with two attached hydrogens (primary N) is 1. The molecule has 0 bridgehead atoms. The van der Waals surface area contributed by atoms with Crippen molar-refractivity contribution in [2.45, 2.75) is 79.3 Å². The van der Waals surface area contributed by atoms with Crippen molar-refractivity contribution in [3.63, 3.8) is 0 Å². The predicted octanol–water partition coefficient (Wildman–Crippen LogP) is 7.28. The number of allylic oxidation sites excluding steroid dienone is 4. The number of amidine groups is 1. The van der Waals surface area contributed by atoms with E-state index in [1.165, 1.54) is 43.2 Å². The minimum absolute atomic E-state index is 0.220. The van der Waals surface area contributed by atoms with E-state index in [9.17, 15) is 4.79 Å². The van der Waals surface area contributed by atoms with Crippen molar-refractivity contribution in [1.82, 2.24) is 20.4 Å². The highest BCUT2D eigenvalue weighted by Gasteiger charge is 2.30. The first kappa shape index (κ1) is 37.9. The lowest BCUT2D eigenvalue weighted by Gasteiger charge is -2.39. The summed E-state index contributed by atoms with van der Waals surface area (Å²) in [5.74, 6) is 1.16. The van der Waals surface area contributed by atoms with Crippen LogP contribution in [-0.2, 0) is 24.3 Å². The minimum atomic E-state index is -0.220. The lowest BCUT2D eigenvalue weighted by atomic mass is 9.87. The predicted molar refractivity (Wildman–Crippen MR) is 197 cm³/mol. The summed E-state index contributed by atoms with van der Waals surface area (Å²) < 4.78 is 0. The Hall–Kier alpha value is -4.26. The van der Waals surface area contributed by atoms with Crippen LogP contribution in [0.5, 0.6) is 0 Å². The Morgan fingerprint density at radius 2 is 1.76 bits per heavy atom. The molecule has 7 nitrogen and oxygen atoms in total. The van der Waals surface area contributed by atoms with Gasteiger partial charge in [0.25, 0.3) is 5.91 Å². The van der Waals surface area contributed by atoms with E-state index in [-0.39, 0.29) is 5.91 Å². The van der Waals surface area contributed by atoms with Crippen LogP contribution in [0, 0.1) is 5.92 Å². The van der Waals surface area contributed by atoms with E-state index < -0.39 is 0 Å². The molecule has 0 spiro atoms. The number of hydrogen-bond acceptors (Lipinski definition) is 5. The number of amides is 1. The van der Waals surface area contributed by atoms with Gasteiger partial charge in [-0.05, 0) is 61.8 Å². The Bertz CT molecular complexity index is 1390. The molecular weight excluding hydrogens is 568 g/mol. The molecule has 1 fully saturated rings. The molecule has 1 aromatic carbocycles. The number of nitrogens with one attached hydrogen (secondary N) is 2. The summed E-state index contributed by atoms with van der Waals surface area (Å²) in [4.78, 5) is 21.9. The van der Waals surface area contributed by atoms with Crippen LogP contribution in [0.25, 0.3) is 0 Å². The zero-order valence-electron chi connectivity index (χ0n) is 29.4. The summed E-state index contributed by atoms with van der Waals surface area (Å²) in [6.45, 7) is 30.4. The van der Waals surface area contributed by atoms with Crippen LogP contribution in [0.4, 0.5) is 0 Å². The number of likely N-dealkylation sites (N-methyl/N-ethyl adjacent to an activating group) is 1. The molecule has 250 valence electrons. The average molecular weight is 627 g/mol. The van der Waals surface area contributed by atoms with E-state index in [0.717, 1.165) is 71.4 Å². The van der Waals surface area contributed by atoms with E-state index in [0.29, 0.717) is 18.0 Å². The molecule has 4 N–H and O–H groups in total. The molecule has 0 aromatic heterocycles. The molecule has 46 heavy (non-hydrogen) atoms. The maximum absolute atomic E-state index is 13.1. The van der Waals surface area contributed by atoms with Crippen molar-refractivity contribution in [2.75, 3.05) is 27.2 Å². The summed E-state index contributed by atoms with van der Waals surface area (Å²) in [7, 11) is 3.70. The minimum Gasteiger partial charge on any atom is -0.397 e. The zero-order chi connectivity index (χ0) is 34.4. The highest BCUT2D eigenvalue weighted by atomic mass is 16.1. The Kier molecular flexibility index (Phi) is 15.4. The number of carbonyl (C=O) groups excluding carboxylic acids is 1. The first-order valence-electron chi connectivity index (χ1n) is 16.6. The van der Waals surface area contributed by atoms with Gasteiger partial charge in [0.15, 0.2) is 0 Å². The van der Waals surface area contributed by atoms with Crippen molar-refractivity contribution in [2.24, 2.45) is 16.6 Å². The molecule has 0 unspecified atom stereocenters. The van der Waals surface area contributed by atoms with Gasteiger partial charge in [-0.1, -0.05) is 83.7 Å². The van der Waals surface area contributed by atoms with Crippen LogP contribution in [0.2, 0.25) is 0 Å². The second-order valence-corrected chi connectivity index (χ2v) is 11.9. The average Bonchev–Trinajstić information content (AvgIpc) is 3.07. The lowest BCUT2D eigenvalue weighted by molar-refractivity contribution is -0.117. The van der Waals surface area contributed by atoms with Crippen LogP contribution in [0.3, 0.4) is 0 Å². The third-order valence-corrected chi connectivity index (χ3v) is 8.57. The Balaban J connectivity index is 0.00000139. The molecule has 1 heterocycles. The first-order valence-corrected chi connectivity index (χ1v) is 16.6. The molecule has 2 aliphatic carbocycles. The normalized spacial score (nSPS) is 16.5. The van der Waals surface area contributed by atoms with Crippen LogP contribution in [-0.4, -0.2) is 48.7 Å². The van der Waals surface area contributed by atoms with Crippen molar-refractivity contribution in [3.8, 4) is 0 Å². The van der Waals surface area contributed by atoms with Gasteiger partial charge in [-0.15, -0.1) is 6.58 Å². The molecule has 1 aliphatic heterocycles. The van der Waals surface area contributed by atoms with Crippen molar-refractivity contribution < 1.29 is 4.79 Å². The van der Waals surface area contributed by atoms with E-state index >= 15 is 0 Å². The van der Waals surface area contributed by atoms with E-state index in [1.807, 2.05) is 39.6 Å². The highest BCUT2D eigenvalue weighted by Crippen LogP contribution is 2.38. The summed E-state index contributed by atoms with van der Waals surface area (Å²) in [6, 6.07) is 6.42. The van der Waals surface area contributed by atoms with Crippen molar-refractivity contribution >= 4 is 11.7 Å². The van der Waals surface area contributed by atoms with E-state index in [2.05, 4.69) is 71.6 Å². The third-order valence-electron chi connectivity index (χ3n) is 8.57. The smallest absolute Gasteiger partial charge is 0.251 e. The van der Waals surface area contributed by atoms with Gasteiger partial charge in [-0.25, -0.2) is 0 Å². The van der Waals surface area contributed by atoms with Gasteiger partial charge in [0, 0.05) is 62.7 Å². The number of hydrogen-bond donors (Lipinski definition) is 3. The maximum Gasteiger partial charge on any atom is 0.251 e. The lowest BCUT2D eigenvalue weighted by Crippen LogP contribution is -2.37. The van der Waals surface area contributed by atoms with Crippen LogP contribution >= 0.6 is 0 Å². The fourth-order valence-corrected chi connectivity index (χ4v) is 5.79. The number of benzene rings is 1. The van der Waals surface area contributed by atoms with Gasteiger partial charge < -0.3 is 26.2 Å². The molecule has 0 radical (unpaired) electrons. The summed E-state index contributed by atoms with van der Waals surface area (Å²) >= 11 is 0. The van der Waals surface area contributed by atoms with Gasteiger partial charge >= 0.3 is 0 Å². The van der Waals surface area contributed by atoms with Gasteiger partial charge in [0.05, 0.1) is 17.1 Å². The van der Waals surface area contributed by atoms with Crippen LogP contribution < -0.4 is 16.4 Å². The van der Waals surface area contributed by atoms with Gasteiger partial charge in [-0.2, -0.15) is 0 Å². The molecule has 7 heteroatoms. The Morgan fingerprint density at radius 3 is 2.35 bits per heavy atom. The molecule has 1 aromatic rings. The number of nitrogens with zero attached hydrogens (tertiary/aromatic N) is 3. The van der Waals surface area contributed by atoms with Crippen molar-refractivity contribution in [1.29, 1.82) is 0 Å². The van der Waals surface area contributed by atoms with E-state index in [4.69, 9.17) is 5.73 Å². The van der Waals surface area contributed by atoms with Crippen molar-refractivity contribution in [3.05, 3.63) is 119 Å². The number of aliphatic imine (C=N–C) groups is 1. The topological polar surface area (TPSA) is 86.0 Å². The molecule has 1 amide bonds. The summed E-state index contributed by atoms with van der Waals surface area (Å²) in [5.41, 5.74) is 15.3.